The number of hydrogen-bond donors (Lipinski definition) is 12. The Morgan fingerprint density at radius 3 is 1.00 bits per heavy atom. The predicted molar refractivity (Wildman–Crippen MR) is 507 cm³/mol. The van der Waals surface area contributed by atoms with Crippen LogP contribution in [0.2, 0.25) is 0 Å². The van der Waals surface area contributed by atoms with Crippen molar-refractivity contribution >= 4 is 59.3 Å². The summed E-state index contributed by atoms with van der Waals surface area (Å²) in [5.74, 6) is 0.419. The van der Waals surface area contributed by atoms with Crippen molar-refractivity contribution in [3.05, 3.63) is 401 Å². The zero-order chi connectivity index (χ0) is 93.6. The molecule has 131 heavy (non-hydrogen) atoms. The highest BCUT2D eigenvalue weighted by atomic mass is 19.1. The lowest BCUT2D eigenvalue weighted by atomic mass is 10.0. The third kappa shape index (κ3) is 27.1. The number of benzene rings is 10. The summed E-state index contributed by atoms with van der Waals surface area (Å²) in [6.07, 6.45) is 15.8. The number of nitrogens with one attached hydrogen (secondary N) is 5. The molecule has 0 saturated heterocycles. The molecule has 10 aromatic carbocycles. The van der Waals surface area contributed by atoms with Gasteiger partial charge in [0.1, 0.15) is 17.3 Å². The largest absolute Gasteiger partial charge is 0.496 e. The lowest BCUT2D eigenvalue weighted by Gasteiger charge is -2.06. The van der Waals surface area contributed by atoms with Gasteiger partial charge in [-0.05, 0) is 298 Å². The van der Waals surface area contributed by atoms with Crippen LogP contribution in [-0.4, -0.2) is 130 Å². The number of methoxy groups -OCH3 is 2. The number of aliphatic hydroxyl groups is 7. The Morgan fingerprint density at radius 1 is 0.290 bits per heavy atom. The number of aromatic amines is 5. The molecule has 25 heteroatoms. The molecule has 0 radical (unpaired) electrons. The number of aliphatic hydroxyl groups excluding tert-OH is 7. The summed E-state index contributed by atoms with van der Waals surface area (Å²) < 4.78 is 24.5. The van der Waals surface area contributed by atoms with Crippen LogP contribution in [-0.2, 0) is 46.2 Å². The first-order chi connectivity index (χ1) is 63.3. The third-order valence-corrected chi connectivity index (χ3v) is 20.9. The van der Waals surface area contributed by atoms with E-state index in [1.165, 1.54) is 41.5 Å². The summed E-state index contributed by atoms with van der Waals surface area (Å²) in [6, 6.07) is 69.2. The molecule has 666 valence electrons. The zero-order valence-electron chi connectivity index (χ0n) is 73.8. The number of aromatic nitrogens is 10. The number of hydrogen-bond acceptors (Lipinski definition) is 19. The van der Waals surface area contributed by atoms with E-state index in [2.05, 4.69) is 83.0 Å². The van der Waals surface area contributed by atoms with E-state index in [0.29, 0.717) is 78.4 Å². The second-order valence-electron chi connectivity index (χ2n) is 30.8. The van der Waals surface area contributed by atoms with Crippen LogP contribution in [0.3, 0.4) is 0 Å². The molecule has 0 aliphatic carbocycles. The lowest BCUT2D eigenvalue weighted by molar-refractivity contribution is 0.103. The van der Waals surface area contributed by atoms with Crippen molar-refractivity contribution in [2.45, 2.75) is 94.7 Å². The average molecular weight is 1760 g/mol. The molecule has 0 amide bonds. The Balaban J connectivity index is 0.000000158. The highest BCUT2D eigenvalue weighted by Gasteiger charge is 2.16. The maximum Gasteiger partial charge on any atom is 0.185 e. The van der Waals surface area contributed by atoms with E-state index >= 15 is 0 Å². The Kier molecular flexibility index (Phi) is 34.4. The molecule has 15 aromatic rings. The predicted octanol–water partition coefficient (Wildman–Crippen LogP) is 18.6. The first-order valence-corrected chi connectivity index (χ1v) is 41.7. The van der Waals surface area contributed by atoms with Gasteiger partial charge in [-0.2, -0.15) is 25.5 Å². The molecule has 0 fully saturated rings. The van der Waals surface area contributed by atoms with Crippen LogP contribution in [0.5, 0.6) is 11.5 Å². The molecule has 0 spiro atoms. The number of ether oxygens (including phenoxy) is 2. The smallest absolute Gasteiger partial charge is 0.185 e. The van der Waals surface area contributed by atoms with Crippen LogP contribution in [0.1, 0.15) is 158 Å². The van der Waals surface area contributed by atoms with Crippen molar-refractivity contribution in [2.24, 2.45) is 0 Å². The Labute approximate surface area is 757 Å². The fourth-order valence-corrected chi connectivity index (χ4v) is 13.7. The molecule has 0 aliphatic rings. The van der Waals surface area contributed by atoms with E-state index in [-0.39, 0.29) is 75.2 Å². The standard InChI is InChI=1S/C22H22N2O4.C22H22N2O2.C21H19FN2O3.C21H20N2O3.C20H18N2O2/c1-14-6-15(11-25)8-18(7-14)22(28)5-4-20-10-21(24-23-20)16-2-3-17(12-26)19(9-16)13-27;1-14-5-6-17(11-15(14)2)20-13-19(23-24-20)8-9-21(25)18-7-10-22(26-4)16(3)12-18;1-13-9-15(4-8-21(13)27-2)20(26)7-5-16-11-19(24-23-16)17-6-3-14(12-25)10-18(17)22;1-14-8-16(13-25)10-18(9-14)21(26)7-6-19-11-20(23-22-19)17-4-2-15(12-24)3-5-17;1-14-9-15(13-23)11-17(10-14)20(24)8-7-18-12-19(22-21-18)16-5-3-2-4-6-16/h2-10,25-27H,11-13H2,1H3,(H,23,24);5-13H,1-4H3,(H,23,24);3-11,25H,12H2,1-2H3,(H,23,24);2-11,24-25H,12-13H2,1H3,(H,22,23);2-12,23H,13H2,1H3,(H,21,22)/b5-4+;9-8+;7-5+;7-6+;8-7+. The van der Waals surface area contributed by atoms with Gasteiger partial charge in [0.25, 0.3) is 0 Å². The van der Waals surface area contributed by atoms with Crippen LogP contribution in [0.25, 0.3) is 86.7 Å². The summed E-state index contributed by atoms with van der Waals surface area (Å²) >= 11 is 0. The second-order valence-corrected chi connectivity index (χ2v) is 30.8. The van der Waals surface area contributed by atoms with E-state index in [4.69, 9.17) is 19.7 Å². The van der Waals surface area contributed by atoms with Gasteiger partial charge in [-0.1, -0.05) is 120 Å². The highest BCUT2D eigenvalue weighted by Crippen LogP contribution is 2.30. The second kappa shape index (κ2) is 46.9. The molecule has 0 saturated carbocycles. The number of carbonyl (C=O) groups excluding carboxylic acids is 5. The Morgan fingerprint density at radius 2 is 0.634 bits per heavy atom. The fraction of sp³-hybridized carbons (Fsp3) is 0.151. The van der Waals surface area contributed by atoms with E-state index in [0.717, 1.165) is 112 Å². The molecular formula is C106H101FN10O14. The first kappa shape index (κ1) is 96.2. The summed E-state index contributed by atoms with van der Waals surface area (Å²) in [5, 5.41) is 100. The number of allylic oxidation sites excluding steroid dienone is 5. The van der Waals surface area contributed by atoms with Gasteiger partial charge in [-0.25, -0.2) is 4.39 Å². The van der Waals surface area contributed by atoms with Crippen molar-refractivity contribution in [3.63, 3.8) is 0 Å². The van der Waals surface area contributed by atoms with Gasteiger partial charge >= 0.3 is 0 Å². The minimum atomic E-state index is -0.464. The van der Waals surface area contributed by atoms with Gasteiger partial charge in [0, 0.05) is 55.6 Å². The fourth-order valence-electron chi connectivity index (χ4n) is 13.7. The third-order valence-electron chi connectivity index (χ3n) is 20.9. The zero-order valence-corrected chi connectivity index (χ0v) is 73.8. The number of H-pyrrole nitrogens is 5. The number of nitrogens with zero attached hydrogens (tertiary/aromatic N) is 5. The van der Waals surface area contributed by atoms with Crippen molar-refractivity contribution < 1.29 is 73.6 Å². The molecular weight excluding hydrogens is 1660 g/mol. The normalized spacial score (nSPS) is 11.2. The molecule has 5 aromatic heterocycles. The molecule has 12 N–H and O–H groups in total. The lowest BCUT2D eigenvalue weighted by Crippen LogP contribution is -1.97. The maximum atomic E-state index is 14.1. The molecule has 0 bridgehead atoms. The molecule has 0 unspecified atom stereocenters. The van der Waals surface area contributed by atoms with Crippen molar-refractivity contribution in [2.75, 3.05) is 14.2 Å². The van der Waals surface area contributed by atoms with E-state index in [9.17, 15) is 53.9 Å². The molecule has 5 heterocycles. The Hall–Kier alpha value is -15.5. The van der Waals surface area contributed by atoms with Crippen molar-refractivity contribution in [3.8, 4) is 67.8 Å². The van der Waals surface area contributed by atoms with E-state index in [1.54, 1.807) is 142 Å². The monoisotopic (exact) mass is 1760 g/mol. The summed E-state index contributed by atoms with van der Waals surface area (Å²) in [7, 11) is 3.20. The van der Waals surface area contributed by atoms with E-state index in [1.807, 2.05) is 150 Å². The van der Waals surface area contributed by atoms with Gasteiger partial charge in [0.15, 0.2) is 28.9 Å². The van der Waals surface area contributed by atoms with E-state index < -0.39 is 5.82 Å². The topological polar surface area (TPSA) is 389 Å². The van der Waals surface area contributed by atoms with Gasteiger partial charge in [0.05, 0.1) is 117 Å². The molecule has 15 rings (SSSR count). The van der Waals surface area contributed by atoms with Crippen LogP contribution in [0.15, 0.2) is 261 Å². The number of rotatable bonds is 29. The minimum absolute atomic E-state index is 0.00784. The number of halogens is 1. The van der Waals surface area contributed by atoms with Gasteiger partial charge in [-0.3, -0.25) is 49.5 Å². The molecule has 24 nitrogen and oxygen atoms in total. The first-order valence-electron chi connectivity index (χ1n) is 41.7. The van der Waals surface area contributed by atoms with Crippen molar-refractivity contribution in [1.29, 1.82) is 0 Å². The summed E-state index contributed by atoms with van der Waals surface area (Å²) in [5.41, 5.74) is 25.9. The Bertz CT molecular complexity index is 6680. The van der Waals surface area contributed by atoms with Crippen LogP contribution < -0.4 is 9.47 Å². The maximum absolute atomic E-state index is 14.1. The SMILES string of the molecule is COc1ccc(C(=O)/C=C/c2cc(-c3ccc(C)c(C)c3)n[nH]2)cc1C.COc1ccc(C(=O)/C=C/c2cc(-c3ccc(CO)cc3F)n[nH]2)cc1C.Cc1cc(CO)cc(C(=O)/C=C/c2cc(-c3ccc(CO)c(CO)c3)n[nH]2)c1.Cc1cc(CO)cc(C(=O)/C=C/c2cc(-c3ccc(CO)cc3)n[nH]2)c1.Cc1cc(CO)cc(C(=O)/C=C/c2cc(-c3ccccc3)n[nH]2)c1. The number of ketones is 5. The van der Waals surface area contributed by atoms with Gasteiger partial charge in [0.2, 0.25) is 0 Å². The number of aryl methyl sites for hydroxylation is 7. The highest BCUT2D eigenvalue weighted by molar-refractivity contribution is 6.10. The molecule has 0 aliphatic heterocycles. The number of carbonyl (C=O) groups is 5. The quantitative estimate of drug-likeness (QED) is 0.0153. The summed E-state index contributed by atoms with van der Waals surface area (Å²) in [6.45, 7) is 12.8. The van der Waals surface area contributed by atoms with Gasteiger partial charge < -0.3 is 45.2 Å². The van der Waals surface area contributed by atoms with Gasteiger partial charge in [-0.15, -0.1) is 0 Å². The van der Waals surface area contributed by atoms with Crippen LogP contribution in [0.4, 0.5) is 4.39 Å². The van der Waals surface area contributed by atoms with Crippen LogP contribution in [0, 0.1) is 54.3 Å². The van der Waals surface area contributed by atoms with Crippen LogP contribution >= 0.6 is 0 Å². The minimum Gasteiger partial charge on any atom is -0.496 e. The average Bonchev–Trinajstić information content (AvgIpc) is 1.75. The summed E-state index contributed by atoms with van der Waals surface area (Å²) in [4.78, 5) is 61.8. The molecule has 0 atom stereocenters. The van der Waals surface area contributed by atoms with Crippen molar-refractivity contribution in [1.82, 2.24) is 51.0 Å².